The van der Waals surface area contributed by atoms with E-state index in [0.717, 1.165) is 6.07 Å². The number of nitrogens with one attached hydrogen (secondary N) is 1. The van der Waals surface area contributed by atoms with Crippen molar-refractivity contribution >= 4 is 5.69 Å². The van der Waals surface area contributed by atoms with E-state index < -0.39 is 17.2 Å². The van der Waals surface area contributed by atoms with Gasteiger partial charge in [0.15, 0.2) is 0 Å². The number of ether oxygens (including phenoxy) is 1. The van der Waals surface area contributed by atoms with Crippen LogP contribution in [0.2, 0.25) is 0 Å². The first-order chi connectivity index (χ1) is 9.98. The van der Waals surface area contributed by atoms with E-state index in [4.69, 9.17) is 4.74 Å². The molecule has 3 nitrogen and oxygen atoms in total. The Hall–Kier alpha value is -2.14. The molecule has 0 aromatic heterocycles. The molecule has 0 saturated heterocycles. The Morgan fingerprint density at radius 1 is 1.14 bits per heavy atom. The lowest BCUT2D eigenvalue weighted by molar-refractivity contribution is 0.220. The summed E-state index contributed by atoms with van der Waals surface area (Å²) in [7, 11) is 1.56. The van der Waals surface area contributed by atoms with Crippen molar-refractivity contribution in [2.24, 2.45) is 0 Å². The molecule has 0 aliphatic rings. The molecule has 2 aromatic rings. The van der Waals surface area contributed by atoms with Gasteiger partial charge >= 0.3 is 0 Å². The Morgan fingerprint density at radius 3 is 2.33 bits per heavy atom. The quantitative estimate of drug-likeness (QED) is 0.889. The van der Waals surface area contributed by atoms with Crippen LogP contribution < -0.4 is 10.1 Å². The van der Waals surface area contributed by atoms with Crippen LogP contribution in [0.4, 0.5) is 14.5 Å². The summed E-state index contributed by atoms with van der Waals surface area (Å²) in [6.45, 7) is 1.30. The standard InChI is InChI=1S/C16H17F2NO2/c1-16(10-20,14-8-3-11(17)9-15(14)18)19-12-4-6-13(21-2)7-5-12/h3-9,19-20H,10H2,1-2H3. The smallest absolute Gasteiger partial charge is 0.131 e. The predicted octanol–water partition coefficient (Wildman–Crippen LogP) is 3.29. The Bertz CT molecular complexity index is 616. The minimum atomic E-state index is -1.06. The first-order valence-electron chi connectivity index (χ1n) is 6.47. The molecule has 0 heterocycles. The fourth-order valence-electron chi connectivity index (χ4n) is 2.12. The maximum Gasteiger partial charge on any atom is 0.131 e. The molecule has 0 fully saturated rings. The molecule has 1 atom stereocenters. The summed E-state index contributed by atoms with van der Waals surface area (Å²) < 4.78 is 32.0. The van der Waals surface area contributed by atoms with Crippen molar-refractivity contribution in [2.45, 2.75) is 12.5 Å². The molecule has 0 radical (unpaired) electrons. The molecule has 0 saturated carbocycles. The van der Waals surface area contributed by atoms with Gasteiger partial charge in [-0.1, -0.05) is 6.07 Å². The van der Waals surface area contributed by atoms with Gasteiger partial charge in [0, 0.05) is 17.3 Å². The fraction of sp³-hybridized carbons (Fsp3) is 0.250. The number of anilines is 1. The highest BCUT2D eigenvalue weighted by Crippen LogP contribution is 2.29. The van der Waals surface area contributed by atoms with Crippen LogP contribution in [-0.4, -0.2) is 18.8 Å². The zero-order valence-electron chi connectivity index (χ0n) is 11.9. The average Bonchev–Trinajstić information content (AvgIpc) is 2.47. The second kappa shape index (κ2) is 6.10. The predicted molar refractivity (Wildman–Crippen MR) is 77.4 cm³/mol. The van der Waals surface area contributed by atoms with Gasteiger partial charge in [0.1, 0.15) is 17.4 Å². The molecule has 2 N–H and O–H groups in total. The molecular weight excluding hydrogens is 276 g/mol. The first-order valence-corrected chi connectivity index (χ1v) is 6.47. The molecule has 0 bridgehead atoms. The van der Waals surface area contributed by atoms with E-state index in [1.807, 2.05) is 0 Å². The van der Waals surface area contributed by atoms with Crippen molar-refractivity contribution in [3.8, 4) is 5.75 Å². The third-order valence-corrected chi connectivity index (χ3v) is 3.35. The van der Waals surface area contributed by atoms with Gasteiger partial charge in [-0.15, -0.1) is 0 Å². The van der Waals surface area contributed by atoms with Gasteiger partial charge in [0.2, 0.25) is 0 Å². The number of benzene rings is 2. The maximum atomic E-state index is 13.9. The van der Waals surface area contributed by atoms with Crippen LogP contribution in [0.3, 0.4) is 0 Å². The lowest BCUT2D eigenvalue weighted by Crippen LogP contribution is -2.36. The summed E-state index contributed by atoms with van der Waals surface area (Å²) in [6.07, 6.45) is 0. The molecule has 1 unspecified atom stereocenters. The summed E-state index contributed by atoms with van der Waals surface area (Å²) in [6, 6.07) is 10.3. The molecule has 112 valence electrons. The molecule has 2 aromatic carbocycles. The second-order valence-corrected chi connectivity index (χ2v) is 4.97. The monoisotopic (exact) mass is 293 g/mol. The molecule has 0 spiro atoms. The topological polar surface area (TPSA) is 41.5 Å². The Labute approximate surface area is 122 Å². The normalized spacial score (nSPS) is 13.6. The van der Waals surface area contributed by atoms with Gasteiger partial charge < -0.3 is 15.2 Å². The summed E-state index contributed by atoms with van der Waals surface area (Å²) in [5.41, 5.74) is -0.176. The van der Waals surface area contributed by atoms with Crippen LogP contribution in [0.25, 0.3) is 0 Å². The first kappa shape index (κ1) is 15.3. The largest absolute Gasteiger partial charge is 0.497 e. The SMILES string of the molecule is COc1ccc(NC(C)(CO)c2ccc(F)cc2F)cc1. The number of aliphatic hydroxyl groups is 1. The van der Waals surface area contributed by atoms with E-state index >= 15 is 0 Å². The van der Waals surface area contributed by atoms with E-state index in [2.05, 4.69) is 5.32 Å². The number of methoxy groups -OCH3 is 1. The van der Waals surface area contributed by atoms with E-state index in [0.29, 0.717) is 11.4 Å². The molecule has 5 heteroatoms. The molecule has 0 aliphatic heterocycles. The zero-order chi connectivity index (χ0) is 15.5. The van der Waals surface area contributed by atoms with Gasteiger partial charge in [-0.05, 0) is 37.3 Å². The summed E-state index contributed by atoms with van der Waals surface area (Å²) in [5, 5.41) is 12.7. The molecule has 21 heavy (non-hydrogen) atoms. The number of halogens is 2. The molecule has 0 amide bonds. The van der Waals surface area contributed by atoms with Crippen molar-refractivity contribution in [3.05, 3.63) is 59.7 Å². The van der Waals surface area contributed by atoms with Crippen LogP contribution in [0, 0.1) is 11.6 Å². The van der Waals surface area contributed by atoms with Gasteiger partial charge in [0.25, 0.3) is 0 Å². The number of hydrogen-bond acceptors (Lipinski definition) is 3. The van der Waals surface area contributed by atoms with Crippen molar-refractivity contribution in [1.82, 2.24) is 0 Å². The highest BCUT2D eigenvalue weighted by Gasteiger charge is 2.29. The average molecular weight is 293 g/mol. The third kappa shape index (κ3) is 3.31. The third-order valence-electron chi connectivity index (χ3n) is 3.35. The zero-order valence-corrected chi connectivity index (χ0v) is 11.9. The Balaban J connectivity index is 2.31. The fourth-order valence-corrected chi connectivity index (χ4v) is 2.12. The van der Waals surface area contributed by atoms with Gasteiger partial charge in [-0.2, -0.15) is 0 Å². The lowest BCUT2D eigenvalue weighted by Gasteiger charge is -2.31. The summed E-state index contributed by atoms with van der Waals surface area (Å²) in [5.74, 6) is -0.659. The van der Waals surface area contributed by atoms with Crippen LogP contribution in [0.5, 0.6) is 5.75 Å². The van der Waals surface area contributed by atoms with Gasteiger partial charge in [-0.25, -0.2) is 8.78 Å². The van der Waals surface area contributed by atoms with E-state index in [1.54, 1.807) is 38.3 Å². The number of hydrogen-bond donors (Lipinski definition) is 2. The van der Waals surface area contributed by atoms with Gasteiger partial charge in [-0.3, -0.25) is 0 Å². The minimum absolute atomic E-state index is 0.196. The summed E-state index contributed by atoms with van der Waals surface area (Å²) in [4.78, 5) is 0. The Kier molecular flexibility index (Phi) is 4.43. The Morgan fingerprint density at radius 2 is 1.81 bits per heavy atom. The van der Waals surface area contributed by atoms with Crippen LogP contribution >= 0.6 is 0 Å². The number of aliphatic hydroxyl groups excluding tert-OH is 1. The van der Waals surface area contributed by atoms with Crippen LogP contribution in [0.1, 0.15) is 12.5 Å². The van der Waals surface area contributed by atoms with Gasteiger partial charge in [0.05, 0.1) is 19.3 Å². The van der Waals surface area contributed by atoms with E-state index in [9.17, 15) is 13.9 Å². The maximum absolute atomic E-state index is 13.9. The second-order valence-electron chi connectivity index (χ2n) is 4.97. The van der Waals surface area contributed by atoms with Crippen molar-refractivity contribution in [1.29, 1.82) is 0 Å². The minimum Gasteiger partial charge on any atom is -0.497 e. The van der Waals surface area contributed by atoms with E-state index in [1.165, 1.54) is 12.1 Å². The summed E-state index contributed by atoms with van der Waals surface area (Å²) >= 11 is 0. The van der Waals surface area contributed by atoms with E-state index in [-0.39, 0.29) is 12.2 Å². The highest BCUT2D eigenvalue weighted by molar-refractivity contribution is 5.50. The number of rotatable bonds is 5. The van der Waals surface area contributed by atoms with Crippen LogP contribution in [0.15, 0.2) is 42.5 Å². The highest BCUT2D eigenvalue weighted by atomic mass is 19.1. The lowest BCUT2D eigenvalue weighted by atomic mass is 9.92. The van der Waals surface area contributed by atoms with Crippen LogP contribution in [-0.2, 0) is 5.54 Å². The molecular formula is C16H17F2NO2. The van der Waals surface area contributed by atoms with Crippen molar-refractivity contribution < 1.29 is 18.6 Å². The van der Waals surface area contributed by atoms with Crippen molar-refractivity contribution in [3.63, 3.8) is 0 Å². The molecule has 2 rings (SSSR count). The molecule has 0 aliphatic carbocycles. The van der Waals surface area contributed by atoms with Crippen molar-refractivity contribution in [2.75, 3.05) is 19.0 Å².